The van der Waals surface area contributed by atoms with Crippen LogP contribution in [0.3, 0.4) is 0 Å². The van der Waals surface area contributed by atoms with Gasteiger partial charge >= 0.3 is 0 Å². The molecule has 2 heterocycles. The van der Waals surface area contributed by atoms with Gasteiger partial charge in [0.15, 0.2) is 0 Å². The SMILES string of the molecule is Cc1ncccc1CNCC1(C)CCCS1. The second-order valence-electron chi connectivity index (χ2n) is 4.75. The van der Waals surface area contributed by atoms with Crippen LogP contribution in [0.5, 0.6) is 0 Å². The largest absolute Gasteiger partial charge is 0.311 e. The normalized spacial score (nSPS) is 24.9. The molecule has 1 N–H and O–H groups in total. The zero-order valence-electron chi connectivity index (χ0n) is 10.1. The molecule has 0 aromatic carbocycles. The minimum Gasteiger partial charge on any atom is -0.311 e. The van der Waals surface area contributed by atoms with Crippen molar-refractivity contribution in [3.8, 4) is 0 Å². The smallest absolute Gasteiger partial charge is 0.0417 e. The maximum Gasteiger partial charge on any atom is 0.0417 e. The maximum atomic E-state index is 4.30. The van der Waals surface area contributed by atoms with Crippen molar-refractivity contribution in [1.82, 2.24) is 10.3 Å². The first-order valence-electron chi connectivity index (χ1n) is 5.95. The van der Waals surface area contributed by atoms with Crippen LogP contribution < -0.4 is 5.32 Å². The Labute approximate surface area is 102 Å². The van der Waals surface area contributed by atoms with Crippen molar-refractivity contribution in [2.24, 2.45) is 0 Å². The molecule has 0 spiro atoms. The van der Waals surface area contributed by atoms with Crippen molar-refractivity contribution >= 4 is 11.8 Å². The van der Waals surface area contributed by atoms with E-state index in [0.29, 0.717) is 4.75 Å². The lowest BCUT2D eigenvalue weighted by molar-refractivity contribution is 0.536. The average Bonchev–Trinajstić information content (AvgIpc) is 2.68. The van der Waals surface area contributed by atoms with Crippen molar-refractivity contribution in [1.29, 1.82) is 0 Å². The van der Waals surface area contributed by atoms with E-state index in [1.54, 1.807) is 0 Å². The third-order valence-corrected chi connectivity index (χ3v) is 4.77. The number of pyridine rings is 1. The van der Waals surface area contributed by atoms with Gasteiger partial charge in [-0.25, -0.2) is 0 Å². The number of thioether (sulfide) groups is 1. The highest BCUT2D eigenvalue weighted by atomic mass is 32.2. The lowest BCUT2D eigenvalue weighted by Gasteiger charge is -2.23. The third kappa shape index (κ3) is 2.98. The summed E-state index contributed by atoms with van der Waals surface area (Å²) in [7, 11) is 0. The Kier molecular flexibility index (Phi) is 3.87. The van der Waals surface area contributed by atoms with Crippen molar-refractivity contribution < 1.29 is 0 Å². The van der Waals surface area contributed by atoms with Gasteiger partial charge in [0.2, 0.25) is 0 Å². The lowest BCUT2D eigenvalue weighted by atomic mass is 10.1. The molecule has 3 heteroatoms. The third-order valence-electron chi connectivity index (χ3n) is 3.23. The summed E-state index contributed by atoms with van der Waals surface area (Å²) in [6, 6.07) is 4.16. The summed E-state index contributed by atoms with van der Waals surface area (Å²) in [5.74, 6) is 1.32. The molecule has 16 heavy (non-hydrogen) atoms. The fourth-order valence-electron chi connectivity index (χ4n) is 2.14. The number of aromatic nitrogens is 1. The molecule has 1 aliphatic rings. The van der Waals surface area contributed by atoms with Gasteiger partial charge in [0.1, 0.15) is 0 Å². The highest BCUT2D eigenvalue weighted by Crippen LogP contribution is 2.36. The standard InChI is InChI=1S/C13H20N2S/c1-11-12(5-3-7-15-11)9-14-10-13(2)6-4-8-16-13/h3,5,7,14H,4,6,8-10H2,1-2H3. The van der Waals surface area contributed by atoms with Crippen LogP contribution in [0, 0.1) is 6.92 Å². The van der Waals surface area contributed by atoms with Gasteiger partial charge < -0.3 is 5.32 Å². The maximum absolute atomic E-state index is 4.30. The number of hydrogen-bond acceptors (Lipinski definition) is 3. The molecule has 1 saturated heterocycles. The molecule has 2 rings (SSSR count). The van der Waals surface area contributed by atoms with E-state index in [2.05, 4.69) is 42.0 Å². The Bertz CT molecular complexity index is 346. The summed E-state index contributed by atoms with van der Waals surface area (Å²) in [6.45, 7) is 6.48. The zero-order valence-corrected chi connectivity index (χ0v) is 10.9. The van der Waals surface area contributed by atoms with Gasteiger partial charge in [-0.3, -0.25) is 4.98 Å². The molecule has 1 atom stereocenters. The molecular weight excluding hydrogens is 216 g/mol. The second-order valence-corrected chi connectivity index (χ2v) is 6.44. The van der Waals surface area contributed by atoms with Crippen LogP contribution in [0.25, 0.3) is 0 Å². The van der Waals surface area contributed by atoms with Gasteiger partial charge in [-0.05, 0) is 44.1 Å². The Morgan fingerprint density at radius 3 is 3.12 bits per heavy atom. The van der Waals surface area contributed by atoms with E-state index in [1.165, 1.54) is 24.2 Å². The number of aryl methyl sites for hydroxylation is 1. The van der Waals surface area contributed by atoms with Crippen molar-refractivity contribution in [3.05, 3.63) is 29.6 Å². The van der Waals surface area contributed by atoms with Gasteiger partial charge in [-0.1, -0.05) is 6.07 Å². The molecule has 1 aliphatic heterocycles. The first-order chi connectivity index (χ1) is 7.70. The Balaban J connectivity index is 1.82. The number of nitrogens with zero attached hydrogens (tertiary/aromatic N) is 1. The number of rotatable bonds is 4. The predicted molar refractivity (Wildman–Crippen MR) is 70.8 cm³/mol. The van der Waals surface area contributed by atoms with Crippen molar-refractivity contribution in [3.63, 3.8) is 0 Å². The predicted octanol–water partition coefficient (Wildman–Crippen LogP) is 2.77. The van der Waals surface area contributed by atoms with Crippen LogP contribution in [-0.2, 0) is 6.54 Å². The topological polar surface area (TPSA) is 24.9 Å². The molecule has 0 amide bonds. The van der Waals surface area contributed by atoms with E-state index in [9.17, 15) is 0 Å². The summed E-state index contributed by atoms with van der Waals surface area (Å²) in [5, 5.41) is 3.56. The molecule has 1 unspecified atom stereocenters. The minimum atomic E-state index is 0.454. The highest BCUT2D eigenvalue weighted by Gasteiger charge is 2.28. The first kappa shape index (κ1) is 11.9. The lowest BCUT2D eigenvalue weighted by Crippen LogP contribution is -2.32. The van der Waals surface area contributed by atoms with Gasteiger partial charge in [0, 0.05) is 29.7 Å². The average molecular weight is 236 g/mol. The minimum absolute atomic E-state index is 0.454. The molecule has 88 valence electrons. The van der Waals surface area contributed by atoms with Gasteiger partial charge in [-0.15, -0.1) is 0 Å². The number of hydrogen-bond donors (Lipinski definition) is 1. The van der Waals surface area contributed by atoms with E-state index >= 15 is 0 Å². The summed E-state index contributed by atoms with van der Waals surface area (Å²) in [4.78, 5) is 4.30. The van der Waals surface area contributed by atoms with Crippen LogP contribution >= 0.6 is 11.8 Å². The fraction of sp³-hybridized carbons (Fsp3) is 0.615. The fourth-order valence-corrected chi connectivity index (χ4v) is 3.42. The van der Waals surface area contributed by atoms with E-state index in [0.717, 1.165) is 18.8 Å². The monoisotopic (exact) mass is 236 g/mol. The Morgan fingerprint density at radius 2 is 2.44 bits per heavy atom. The summed E-state index contributed by atoms with van der Waals surface area (Å²) < 4.78 is 0.454. The molecular formula is C13H20N2S. The van der Waals surface area contributed by atoms with Gasteiger partial charge in [-0.2, -0.15) is 11.8 Å². The Morgan fingerprint density at radius 1 is 1.56 bits per heavy atom. The molecule has 2 nitrogen and oxygen atoms in total. The Hall–Kier alpha value is -0.540. The second kappa shape index (κ2) is 5.19. The van der Waals surface area contributed by atoms with Gasteiger partial charge in [0.05, 0.1) is 0 Å². The quantitative estimate of drug-likeness (QED) is 0.870. The summed E-state index contributed by atoms with van der Waals surface area (Å²) in [5.41, 5.74) is 2.45. The van der Waals surface area contributed by atoms with E-state index in [-0.39, 0.29) is 0 Å². The molecule has 1 aromatic heterocycles. The summed E-state index contributed by atoms with van der Waals surface area (Å²) in [6.07, 6.45) is 4.57. The van der Waals surface area contributed by atoms with Crippen LogP contribution in [0.1, 0.15) is 31.0 Å². The van der Waals surface area contributed by atoms with Crippen LogP contribution in [0.4, 0.5) is 0 Å². The van der Waals surface area contributed by atoms with Crippen molar-refractivity contribution in [2.75, 3.05) is 12.3 Å². The van der Waals surface area contributed by atoms with E-state index < -0.39 is 0 Å². The molecule has 0 bridgehead atoms. The zero-order chi connectivity index (χ0) is 11.4. The summed E-state index contributed by atoms with van der Waals surface area (Å²) >= 11 is 2.11. The molecule has 0 aliphatic carbocycles. The van der Waals surface area contributed by atoms with Crippen molar-refractivity contribution in [2.45, 2.75) is 38.0 Å². The first-order valence-corrected chi connectivity index (χ1v) is 6.93. The molecule has 1 aromatic rings. The highest BCUT2D eigenvalue weighted by molar-refractivity contribution is 8.00. The van der Waals surface area contributed by atoms with Gasteiger partial charge in [0.25, 0.3) is 0 Å². The molecule has 0 saturated carbocycles. The molecule has 0 radical (unpaired) electrons. The van der Waals surface area contributed by atoms with Crippen LogP contribution in [0.2, 0.25) is 0 Å². The van der Waals surface area contributed by atoms with E-state index in [4.69, 9.17) is 0 Å². The van der Waals surface area contributed by atoms with Crippen LogP contribution in [0.15, 0.2) is 18.3 Å². The number of nitrogens with one attached hydrogen (secondary N) is 1. The van der Waals surface area contributed by atoms with Crippen LogP contribution in [-0.4, -0.2) is 22.0 Å². The molecule has 1 fully saturated rings. The van der Waals surface area contributed by atoms with E-state index in [1.807, 2.05) is 12.3 Å².